The lowest BCUT2D eigenvalue weighted by Crippen LogP contribution is -2.16. The predicted octanol–water partition coefficient (Wildman–Crippen LogP) is 4.93. The van der Waals surface area contributed by atoms with Crippen molar-refractivity contribution >= 4 is 40.5 Å². The number of fused-ring (bicyclic) bond motifs is 1. The zero-order valence-corrected chi connectivity index (χ0v) is 18.6. The lowest BCUT2D eigenvalue weighted by atomic mass is 10.2. The molecule has 0 fully saturated rings. The van der Waals surface area contributed by atoms with E-state index in [0.717, 1.165) is 11.9 Å². The van der Waals surface area contributed by atoms with E-state index in [2.05, 4.69) is 10.3 Å². The summed E-state index contributed by atoms with van der Waals surface area (Å²) in [4.78, 5) is 29.4. The van der Waals surface area contributed by atoms with Crippen LogP contribution >= 0.6 is 11.6 Å². The molecule has 0 spiro atoms. The van der Waals surface area contributed by atoms with Crippen molar-refractivity contribution < 1.29 is 19.1 Å². The second-order valence-electron chi connectivity index (χ2n) is 7.25. The number of benzene rings is 2. The maximum absolute atomic E-state index is 12.7. The van der Waals surface area contributed by atoms with Gasteiger partial charge in [0.1, 0.15) is 0 Å². The molecule has 7 nitrogen and oxygen atoms in total. The number of hydrogen-bond acceptors (Lipinski definition) is 5. The standard InChI is InChI=1S/C23H26ClN3O4/c1-4-30-22(29)17-8-11-20-19(14-17)25-23(27(20)12-5-13-31-15(2)3)26-21(28)16-6-9-18(24)10-7-16/h6-11,14-15H,4-5,12-13H2,1-3H3,(H,25,26,28). The molecule has 164 valence electrons. The van der Waals surface area contributed by atoms with E-state index in [0.29, 0.717) is 47.4 Å². The van der Waals surface area contributed by atoms with Crippen molar-refractivity contribution in [3.63, 3.8) is 0 Å². The van der Waals surface area contributed by atoms with Gasteiger partial charge >= 0.3 is 5.97 Å². The number of aromatic nitrogens is 2. The van der Waals surface area contributed by atoms with Gasteiger partial charge in [0, 0.05) is 23.7 Å². The van der Waals surface area contributed by atoms with E-state index in [1.807, 2.05) is 24.5 Å². The van der Waals surface area contributed by atoms with Crippen molar-refractivity contribution in [3.8, 4) is 0 Å². The van der Waals surface area contributed by atoms with Crippen LogP contribution in [-0.4, -0.2) is 40.7 Å². The zero-order chi connectivity index (χ0) is 22.4. The molecule has 8 heteroatoms. The van der Waals surface area contributed by atoms with Crippen molar-refractivity contribution in [1.82, 2.24) is 9.55 Å². The van der Waals surface area contributed by atoms with E-state index < -0.39 is 5.97 Å². The Labute approximate surface area is 186 Å². The third kappa shape index (κ3) is 5.83. The summed E-state index contributed by atoms with van der Waals surface area (Å²) in [6.07, 6.45) is 0.892. The molecule has 0 unspecified atom stereocenters. The molecule has 31 heavy (non-hydrogen) atoms. The SMILES string of the molecule is CCOC(=O)c1ccc2c(c1)nc(NC(=O)c1ccc(Cl)cc1)n2CCCOC(C)C. The maximum Gasteiger partial charge on any atom is 0.338 e. The van der Waals surface area contributed by atoms with Crippen LogP contribution in [0.5, 0.6) is 0 Å². The highest BCUT2D eigenvalue weighted by Gasteiger charge is 2.17. The molecule has 1 N–H and O–H groups in total. The number of amides is 1. The molecule has 0 atom stereocenters. The monoisotopic (exact) mass is 443 g/mol. The van der Waals surface area contributed by atoms with Gasteiger partial charge in [-0.25, -0.2) is 9.78 Å². The van der Waals surface area contributed by atoms with Crippen LogP contribution in [0.3, 0.4) is 0 Å². The van der Waals surface area contributed by atoms with E-state index in [4.69, 9.17) is 21.1 Å². The van der Waals surface area contributed by atoms with Crippen molar-refractivity contribution in [2.24, 2.45) is 0 Å². The van der Waals surface area contributed by atoms with Gasteiger partial charge in [0.05, 0.1) is 29.3 Å². The van der Waals surface area contributed by atoms with E-state index in [1.165, 1.54) is 0 Å². The topological polar surface area (TPSA) is 82.5 Å². The van der Waals surface area contributed by atoms with Gasteiger partial charge in [-0.1, -0.05) is 11.6 Å². The molecule has 3 rings (SSSR count). The number of carbonyl (C=O) groups is 2. The molecule has 0 aliphatic heterocycles. The molecule has 0 saturated carbocycles. The molecular formula is C23H26ClN3O4. The third-order valence-corrected chi connectivity index (χ3v) is 4.82. The van der Waals surface area contributed by atoms with Gasteiger partial charge in [-0.2, -0.15) is 0 Å². The van der Waals surface area contributed by atoms with Crippen molar-refractivity contribution in [1.29, 1.82) is 0 Å². The van der Waals surface area contributed by atoms with Crippen LogP contribution in [0.1, 0.15) is 47.9 Å². The first-order chi connectivity index (χ1) is 14.9. The first-order valence-electron chi connectivity index (χ1n) is 10.2. The van der Waals surface area contributed by atoms with E-state index in [1.54, 1.807) is 43.3 Å². The Morgan fingerprint density at radius 2 is 1.84 bits per heavy atom. The van der Waals surface area contributed by atoms with Crippen molar-refractivity contribution in [2.75, 3.05) is 18.5 Å². The molecule has 2 aromatic carbocycles. The van der Waals surface area contributed by atoms with Crippen LogP contribution < -0.4 is 5.32 Å². The molecule has 1 amide bonds. The van der Waals surface area contributed by atoms with Crippen molar-refractivity contribution in [3.05, 3.63) is 58.6 Å². The van der Waals surface area contributed by atoms with E-state index in [-0.39, 0.29) is 12.0 Å². The van der Waals surface area contributed by atoms with Crippen LogP contribution in [-0.2, 0) is 16.0 Å². The normalized spacial score (nSPS) is 11.1. The lowest BCUT2D eigenvalue weighted by Gasteiger charge is -2.12. The second-order valence-corrected chi connectivity index (χ2v) is 7.68. The quantitative estimate of drug-likeness (QED) is 0.374. The summed E-state index contributed by atoms with van der Waals surface area (Å²) in [5.74, 6) is -0.297. The highest BCUT2D eigenvalue weighted by atomic mass is 35.5. The highest BCUT2D eigenvalue weighted by molar-refractivity contribution is 6.30. The smallest absolute Gasteiger partial charge is 0.338 e. The number of rotatable bonds is 9. The van der Waals surface area contributed by atoms with Crippen LogP contribution in [0.4, 0.5) is 5.95 Å². The van der Waals surface area contributed by atoms with Gasteiger partial charge in [0.25, 0.3) is 5.91 Å². The second kappa shape index (κ2) is 10.4. The van der Waals surface area contributed by atoms with Gasteiger partial charge in [-0.05, 0) is 69.7 Å². The number of aryl methyl sites for hydroxylation is 1. The summed E-state index contributed by atoms with van der Waals surface area (Å²) >= 11 is 5.91. The predicted molar refractivity (Wildman–Crippen MR) is 121 cm³/mol. The number of anilines is 1. The average molecular weight is 444 g/mol. The molecular weight excluding hydrogens is 418 g/mol. The van der Waals surface area contributed by atoms with Gasteiger partial charge in [-0.15, -0.1) is 0 Å². The van der Waals surface area contributed by atoms with Gasteiger partial charge in [0.2, 0.25) is 5.95 Å². The first kappa shape index (κ1) is 22.8. The largest absolute Gasteiger partial charge is 0.462 e. The first-order valence-corrected chi connectivity index (χ1v) is 10.6. The molecule has 0 saturated heterocycles. The number of hydrogen-bond donors (Lipinski definition) is 1. The summed E-state index contributed by atoms with van der Waals surface area (Å²) in [6.45, 7) is 7.21. The molecule has 0 aliphatic carbocycles. The van der Waals surface area contributed by atoms with E-state index in [9.17, 15) is 9.59 Å². The minimum atomic E-state index is -0.406. The van der Waals surface area contributed by atoms with Crippen LogP contribution in [0, 0.1) is 0 Å². The fourth-order valence-electron chi connectivity index (χ4n) is 3.11. The summed E-state index contributed by atoms with van der Waals surface area (Å²) < 4.78 is 12.6. The Morgan fingerprint density at radius 3 is 2.52 bits per heavy atom. The molecule has 1 aromatic heterocycles. The van der Waals surface area contributed by atoms with Crippen molar-refractivity contribution in [2.45, 2.75) is 39.8 Å². The fraction of sp³-hybridized carbons (Fsp3) is 0.348. The summed E-state index contributed by atoms with van der Waals surface area (Å²) in [6, 6.07) is 11.8. The number of nitrogens with zero attached hydrogens (tertiary/aromatic N) is 2. The summed E-state index contributed by atoms with van der Waals surface area (Å²) in [7, 11) is 0. The number of imidazole rings is 1. The Hall–Kier alpha value is -2.90. The Morgan fingerprint density at radius 1 is 1.13 bits per heavy atom. The number of nitrogens with one attached hydrogen (secondary N) is 1. The molecule has 0 radical (unpaired) electrons. The Kier molecular flexibility index (Phi) is 7.65. The number of carbonyl (C=O) groups excluding carboxylic acids is 2. The molecule has 1 heterocycles. The fourth-order valence-corrected chi connectivity index (χ4v) is 3.24. The zero-order valence-electron chi connectivity index (χ0n) is 17.9. The van der Waals surface area contributed by atoms with Crippen LogP contribution in [0.2, 0.25) is 5.02 Å². The number of halogens is 1. The molecule has 3 aromatic rings. The van der Waals surface area contributed by atoms with Crippen LogP contribution in [0.15, 0.2) is 42.5 Å². The Bertz CT molecular complexity index is 1060. The summed E-state index contributed by atoms with van der Waals surface area (Å²) in [5, 5.41) is 3.43. The minimum absolute atomic E-state index is 0.149. The van der Waals surface area contributed by atoms with Gasteiger partial charge in [0.15, 0.2) is 0 Å². The van der Waals surface area contributed by atoms with Gasteiger partial charge in [-0.3, -0.25) is 10.1 Å². The minimum Gasteiger partial charge on any atom is -0.462 e. The van der Waals surface area contributed by atoms with E-state index >= 15 is 0 Å². The molecule has 0 aliphatic rings. The number of ether oxygens (including phenoxy) is 2. The Balaban J connectivity index is 1.90. The number of esters is 1. The third-order valence-electron chi connectivity index (χ3n) is 4.57. The molecule has 0 bridgehead atoms. The highest BCUT2D eigenvalue weighted by Crippen LogP contribution is 2.23. The summed E-state index contributed by atoms with van der Waals surface area (Å²) in [5.41, 5.74) is 2.29. The lowest BCUT2D eigenvalue weighted by molar-refractivity contribution is 0.0526. The average Bonchev–Trinajstić information content (AvgIpc) is 3.07. The maximum atomic E-state index is 12.7. The van der Waals surface area contributed by atoms with Crippen LogP contribution in [0.25, 0.3) is 11.0 Å². The van der Waals surface area contributed by atoms with Gasteiger partial charge < -0.3 is 14.0 Å².